The number of amides is 2. The standard InChI is InChI=1S/C34H39FN4O8S/c1-36-15-13-24(14-16-36)37-17-19-38(20-18-37)33(41)47-34(26-7-5-6-8-29(26)45-3)27-21-23(35)9-11-28(27)39(32(34)40)48(42,43)31-12-10-25(44-2)22-30(31)46-4/h5-12,21-22,24H,13-20H2,1-4H3. The highest BCUT2D eigenvalue weighted by Gasteiger charge is 2.61. The smallest absolute Gasteiger partial charge is 0.411 e. The molecule has 2 saturated heterocycles. The predicted molar refractivity (Wildman–Crippen MR) is 175 cm³/mol. The second-order valence-electron chi connectivity index (χ2n) is 12.1. The van der Waals surface area contributed by atoms with Crippen molar-refractivity contribution in [3.8, 4) is 17.2 Å². The fourth-order valence-electron chi connectivity index (χ4n) is 6.83. The quantitative estimate of drug-likeness (QED) is 0.348. The van der Waals surface area contributed by atoms with Crippen LogP contribution in [0.5, 0.6) is 17.2 Å². The first-order chi connectivity index (χ1) is 23.0. The van der Waals surface area contributed by atoms with Gasteiger partial charge in [-0.25, -0.2) is 17.6 Å². The lowest BCUT2D eigenvalue weighted by Crippen LogP contribution is -2.55. The molecule has 14 heteroatoms. The van der Waals surface area contributed by atoms with Crippen molar-refractivity contribution in [2.75, 3.05) is 72.0 Å². The molecule has 0 spiro atoms. The Bertz CT molecular complexity index is 1810. The van der Waals surface area contributed by atoms with Crippen molar-refractivity contribution >= 4 is 27.7 Å². The summed E-state index contributed by atoms with van der Waals surface area (Å²) in [7, 11) is 1.45. The zero-order valence-electron chi connectivity index (χ0n) is 27.3. The maximum absolute atomic E-state index is 15.1. The summed E-state index contributed by atoms with van der Waals surface area (Å²) < 4.78 is 67.0. The highest BCUT2D eigenvalue weighted by molar-refractivity contribution is 7.93. The summed E-state index contributed by atoms with van der Waals surface area (Å²) in [4.78, 5) is 34.8. The molecule has 0 bridgehead atoms. The minimum absolute atomic E-state index is 0.0436. The van der Waals surface area contributed by atoms with E-state index in [2.05, 4.69) is 16.8 Å². The Morgan fingerprint density at radius 3 is 2.19 bits per heavy atom. The molecule has 2 fully saturated rings. The lowest BCUT2D eigenvalue weighted by Gasteiger charge is -2.42. The lowest BCUT2D eigenvalue weighted by molar-refractivity contribution is -0.132. The van der Waals surface area contributed by atoms with Gasteiger partial charge in [-0.05, 0) is 69.4 Å². The first kappa shape index (κ1) is 33.5. The Hall–Kier alpha value is -4.40. The number of sulfonamides is 1. The fourth-order valence-corrected chi connectivity index (χ4v) is 8.43. The highest BCUT2D eigenvalue weighted by Crippen LogP contribution is 2.52. The van der Waals surface area contributed by atoms with Crippen molar-refractivity contribution < 1.29 is 41.3 Å². The minimum atomic E-state index is -4.74. The third kappa shape index (κ3) is 5.71. The fraction of sp³-hybridized carbons (Fsp3) is 0.412. The lowest BCUT2D eigenvalue weighted by atomic mass is 9.86. The molecule has 2 amide bonds. The monoisotopic (exact) mass is 682 g/mol. The van der Waals surface area contributed by atoms with Crippen molar-refractivity contribution in [2.24, 2.45) is 0 Å². The molecule has 48 heavy (non-hydrogen) atoms. The van der Waals surface area contributed by atoms with Crippen molar-refractivity contribution in [2.45, 2.75) is 29.4 Å². The van der Waals surface area contributed by atoms with Crippen LogP contribution >= 0.6 is 0 Å². The summed E-state index contributed by atoms with van der Waals surface area (Å²) in [6.45, 7) is 3.91. The predicted octanol–water partition coefficient (Wildman–Crippen LogP) is 3.68. The zero-order chi connectivity index (χ0) is 34.2. The maximum atomic E-state index is 15.1. The second kappa shape index (κ2) is 13.2. The van der Waals surface area contributed by atoms with E-state index in [0.717, 1.165) is 38.1 Å². The van der Waals surface area contributed by atoms with E-state index in [9.17, 15) is 18.0 Å². The minimum Gasteiger partial charge on any atom is -0.497 e. The summed E-state index contributed by atoms with van der Waals surface area (Å²) in [5.74, 6) is -1.51. The van der Waals surface area contributed by atoms with E-state index in [4.69, 9.17) is 18.9 Å². The molecule has 12 nitrogen and oxygen atoms in total. The second-order valence-corrected chi connectivity index (χ2v) is 13.8. The number of piperazine rings is 1. The van der Waals surface area contributed by atoms with Crippen LogP contribution in [-0.4, -0.2) is 109 Å². The summed E-state index contributed by atoms with van der Waals surface area (Å²) >= 11 is 0. The molecule has 1 atom stereocenters. The van der Waals surface area contributed by atoms with Gasteiger partial charge in [0.1, 0.15) is 28.0 Å². The molecule has 3 aromatic carbocycles. The number of benzene rings is 3. The first-order valence-corrected chi connectivity index (χ1v) is 17.1. The Morgan fingerprint density at radius 1 is 0.833 bits per heavy atom. The molecule has 256 valence electrons. The SMILES string of the molecule is COc1ccc(S(=O)(=O)N2C(=O)C(OC(=O)N3CCN(C4CCN(C)CC4)CC3)(c3ccccc3OC)c3cc(F)ccc32)c(OC)c1. The van der Waals surface area contributed by atoms with Crippen LogP contribution in [0.15, 0.2) is 65.6 Å². The number of para-hydroxylation sites is 1. The number of methoxy groups -OCH3 is 3. The van der Waals surface area contributed by atoms with Crippen LogP contribution in [0.4, 0.5) is 14.9 Å². The number of hydrogen-bond donors (Lipinski definition) is 0. The molecule has 0 radical (unpaired) electrons. The third-order valence-electron chi connectivity index (χ3n) is 9.44. The number of fused-ring (bicyclic) bond motifs is 1. The highest BCUT2D eigenvalue weighted by atomic mass is 32.2. The van der Waals surface area contributed by atoms with Crippen LogP contribution < -0.4 is 18.5 Å². The summed E-state index contributed by atoms with van der Waals surface area (Å²) in [6, 6.07) is 14.0. The van der Waals surface area contributed by atoms with Crippen LogP contribution in [0, 0.1) is 5.82 Å². The van der Waals surface area contributed by atoms with Crippen molar-refractivity contribution in [3.63, 3.8) is 0 Å². The third-order valence-corrected chi connectivity index (χ3v) is 11.2. The largest absolute Gasteiger partial charge is 0.497 e. The number of hydrogen-bond acceptors (Lipinski definition) is 10. The van der Waals surface area contributed by atoms with Gasteiger partial charge in [0.25, 0.3) is 15.9 Å². The Morgan fingerprint density at radius 2 is 1.52 bits per heavy atom. The maximum Gasteiger partial charge on any atom is 0.411 e. The van der Waals surface area contributed by atoms with Gasteiger partial charge in [0.05, 0.1) is 32.6 Å². The molecular weight excluding hydrogens is 643 g/mol. The van der Waals surface area contributed by atoms with Gasteiger partial charge < -0.3 is 28.7 Å². The van der Waals surface area contributed by atoms with Gasteiger partial charge >= 0.3 is 6.09 Å². The van der Waals surface area contributed by atoms with Crippen LogP contribution in [0.2, 0.25) is 0 Å². The number of likely N-dealkylation sites (tertiary alicyclic amines) is 1. The summed E-state index contributed by atoms with van der Waals surface area (Å²) in [5, 5.41) is 0. The number of nitrogens with zero attached hydrogens (tertiary/aromatic N) is 4. The van der Waals surface area contributed by atoms with Gasteiger partial charge in [0, 0.05) is 43.9 Å². The average molecular weight is 683 g/mol. The number of carbonyl (C=O) groups excluding carboxylic acids is 2. The Labute approximate surface area is 279 Å². The molecule has 0 saturated carbocycles. The van der Waals surface area contributed by atoms with E-state index in [0.29, 0.717) is 42.3 Å². The number of carbonyl (C=O) groups is 2. The van der Waals surface area contributed by atoms with Crippen molar-refractivity contribution in [3.05, 3.63) is 77.6 Å². The molecule has 3 aromatic rings. The summed E-state index contributed by atoms with van der Waals surface area (Å²) in [5.41, 5.74) is -2.71. The van der Waals surface area contributed by atoms with E-state index in [-0.39, 0.29) is 33.2 Å². The molecule has 0 aliphatic carbocycles. The number of piperidine rings is 1. The van der Waals surface area contributed by atoms with Gasteiger partial charge in [-0.3, -0.25) is 9.69 Å². The molecule has 0 N–H and O–H groups in total. The molecule has 3 aliphatic heterocycles. The zero-order valence-corrected chi connectivity index (χ0v) is 28.2. The Balaban J connectivity index is 1.42. The number of ether oxygens (including phenoxy) is 4. The molecule has 3 aliphatic rings. The van der Waals surface area contributed by atoms with E-state index < -0.39 is 33.4 Å². The van der Waals surface area contributed by atoms with Gasteiger partial charge in [-0.1, -0.05) is 18.2 Å². The number of rotatable bonds is 8. The average Bonchev–Trinajstić information content (AvgIpc) is 3.35. The van der Waals surface area contributed by atoms with Crippen LogP contribution in [0.1, 0.15) is 24.0 Å². The molecule has 3 heterocycles. The van der Waals surface area contributed by atoms with Crippen LogP contribution in [-0.2, 0) is 25.2 Å². The van der Waals surface area contributed by atoms with Gasteiger partial charge in [0.15, 0.2) is 0 Å². The number of halogens is 1. The molecule has 0 aromatic heterocycles. The van der Waals surface area contributed by atoms with E-state index in [1.54, 1.807) is 18.2 Å². The molecule has 6 rings (SSSR count). The van der Waals surface area contributed by atoms with Gasteiger partial charge in [-0.15, -0.1) is 0 Å². The van der Waals surface area contributed by atoms with E-state index >= 15 is 4.39 Å². The van der Waals surface area contributed by atoms with Gasteiger partial charge in [-0.2, -0.15) is 4.31 Å². The molecule has 1 unspecified atom stereocenters. The first-order valence-electron chi connectivity index (χ1n) is 15.7. The summed E-state index contributed by atoms with van der Waals surface area (Å²) in [6.07, 6.45) is 1.24. The van der Waals surface area contributed by atoms with Crippen LogP contribution in [0.25, 0.3) is 0 Å². The normalized spacial score (nSPS) is 20.8. The molecular formula is C34H39FN4O8S. The van der Waals surface area contributed by atoms with Gasteiger partial charge in [0.2, 0.25) is 5.60 Å². The number of anilines is 1. The van der Waals surface area contributed by atoms with Crippen molar-refractivity contribution in [1.29, 1.82) is 0 Å². The van der Waals surface area contributed by atoms with E-state index in [1.807, 2.05) is 0 Å². The topological polar surface area (TPSA) is 118 Å². The van der Waals surface area contributed by atoms with Crippen LogP contribution in [0.3, 0.4) is 0 Å². The van der Waals surface area contributed by atoms with Crippen molar-refractivity contribution in [1.82, 2.24) is 14.7 Å². The Kier molecular flexibility index (Phi) is 9.25. The van der Waals surface area contributed by atoms with E-state index in [1.165, 1.54) is 56.6 Å².